The van der Waals surface area contributed by atoms with Gasteiger partial charge in [0, 0.05) is 23.8 Å². The highest BCUT2D eigenvalue weighted by atomic mass is 16.5. The number of rotatable bonds is 5. The van der Waals surface area contributed by atoms with Crippen molar-refractivity contribution >= 4 is 40.8 Å². The first-order valence-corrected chi connectivity index (χ1v) is 18.5. The number of hydrogen-bond donors (Lipinski definition) is 1. The Morgan fingerprint density at radius 1 is 0.519 bits per heavy atom. The zero-order valence-corrected chi connectivity index (χ0v) is 29.4. The molecule has 0 amide bonds. The highest BCUT2D eigenvalue weighted by Crippen LogP contribution is 2.56. The minimum absolute atomic E-state index is 0.0156. The van der Waals surface area contributed by atoms with E-state index in [2.05, 4.69) is 192 Å². The third kappa shape index (κ3) is 4.99. The molecule has 4 heteroatoms. The zero-order valence-electron chi connectivity index (χ0n) is 29.4. The average molecular weight is 693 g/mol. The van der Waals surface area contributed by atoms with Crippen molar-refractivity contribution in [2.24, 2.45) is 4.99 Å². The van der Waals surface area contributed by atoms with Gasteiger partial charge in [-0.3, -0.25) is 0 Å². The summed E-state index contributed by atoms with van der Waals surface area (Å²) >= 11 is 0. The molecular formula is C50H34N3O+. The average Bonchev–Trinajstić information content (AvgIpc) is 3.24. The molecule has 0 saturated carbocycles. The van der Waals surface area contributed by atoms with Crippen LogP contribution in [0.4, 0.5) is 11.4 Å². The van der Waals surface area contributed by atoms with Crippen molar-refractivity contribution in [3.05, 3.63) is 203 Å². The first-order valence-electron chi connectivity index (χ1n) is 18.5. The molecule has 11 rings (SSSR count). The topological polar surface area (TPSA) is 36.6 Å². The van der Waals surface area contributed by atoms with Crippen LogP contribution in [0.3, 0.4) is 0 Å². The van der Waals surface area contributed by atoms with Crippen LogP contribution in [-0.4, -0.2) is 17.7 Å². The van der Waals surface area contributed by atoms with E-state index in [0.29, 0.717) is 0 Å². The second-order valence-electron chi connectivity index (χ2n) is 14.2. The number of amidine groups is 1. The maximum absolute atomic E-state index is 6.76. The van der Waals surface area contributed by atoms with Crippen molar-refractivity contribution in [1.29, 1.82) is 0 Å². The lowest BCUT2D eigenvalue weighted by atomic mass is 9.79. The third-order valence-electron chi connectivity index (χ3n) is 11.0. The second-order valence-corrected chi connectivity index (χ2v) is 14.2. The Hall–Kier alpha value is -7.04. The van der Waals surface area contributed by atoms with E-state index in [4.69, 9.17) is 9.73 Å². The molecule has 0 spiro atoms. The summed E-state index contributed by atoms with van der Waals surface area (Å²) in [4.78, 5) is 5.10. The van der Waals surface area contributed by atoms with E-state index >= 15 is 0 Å². The molecule has 2 unspecified atom stereocenters. The molecule has 4 aliphatic rings. The van der Waals surface area contributed by atoms with Crippen LogP contribution in [0.15, 0.2) is 181 Å². The summed E-state index contributed by atoms with van der Waals surface area (Å²) in [5, 5.41) is 6.05. The van der Waals surface area contributed by atoms with Crippen LogP contribution < -0.4 is 25.1 Å². The number of ether oxygens (including phenoxy) is 1. The molecule has 4 nitrogen and oxygen atoms in total. The SMILES string of the molecule is C1=C(c2ccc(-c3ccc([N+]4=C5C=c6ccccc6=CC5Oc5ccc6c(c54)-c4ccccc4-6)cc3)cc2)N=C(c2ccccc2)NC1c1ccccc1. The number of nitrogens with zero attached hydrogens (tertiary/aromatic N) is 2. The number of fused-ring (bicyclic) bond motifs is 8. The molecule has 2 atom stereocenters. The van der Waals surface area contributed by atoms with Gasteiger partial charge in [0.2, 0.25) is 17.5 Å². The molecular weight excluding hydrogens is 659 g/mol. The standard InChI is InChI=1S/C50H34N3O/c1-3-11-34(12-4-1)43-31-44(52-50(51-43)36-13-5-2-6-14-36)35-21-19-32(20-22-35)33-23-25-39(26-24-33)53-45-29-37-15-7-8-16-38(37)30-47(45)54-46-28-27-42-40-17-9-10-18-41(40)48(42)49(46)53/h1-31,43,47H,(H,51,52)/q+1. The monoisotopic (exact) mass is 692 g/mol. The molecule has 0 fully saturated rings. The van der Waals surface area contributed by atoms with E-state index < -0.39 is 0 Å². The summed E-state index contributed by atoms with van der Waals surface area (Å²) in [6.07, 6.45) is 6.57. The Morgan fingerprint density at radius 2 is 1.17 bits per heavy atom. The van der Waals surface area contributed by atoms with Crippen LogP contribution >= 0.6 is 0 Å². The Labute approximate surface area is 313 Å². The quantitative estimate of drug-likeness (QED) is 0.183. The van der Waals surface area contributed by atoms with Gasteiger partial charge >= 0.3 is 0 Å². The van der Waals surface area contributed by atoms with Crippen molar-refractivity contribution in [3.8, 4) is 39.1 Å². The Kier molecular flexibility index (Phi) is 6.96. The van der Waals surface area contributed by atoms with E-state index in [0.717, 1.165) is 56.6 Å². The van der Waals surface area contributed by atoms with Gasteiger partial charge in [0.25, 0.3) is 5.69 Å². The molecule has 7 aromatic carbocycles. The largest absolute Gasteiger partial charge is 0.468 e. The highest BCUT2D eigenvalue weighted by molar-refractivity contribution is 6.22. The van der Waals surface area contributed by atoms with Crippen molar-refractivity contribution in [1.82, 2.24) is 9.89 Å². The fourth-order valence-corrected chi connectivity index (χ4v) is 8.29. The van der Waals surface area contributed by atoms with Crippen LogP contribution in [-0.2, 0) is 0 Å². The molecule has 0 aromatic heterocycles. The van der Waals surface area contributed by atoms with Crippen molar-refractivity contribution in [3.63, 3.8) is 0 Å². The Bertz CT molecular complexity index is 2850. The van der Waals surface area contributed by atoms with Gasteiger partial charge in [0.05, 0.1) is 17.3 Å². The predicted octanol–water partition coefficient (Wildman–Crippen LogP) is 9.44. The fourth-order valence-electron chi connectivity index (χ4n) is 8.29. The highest BCUT2D eigenvalue weighted by Gasteiger charge is 2.42. The molecule has 0 saturated heterocycles. The van der Waals surface area contributed by atoms with Crippen LogP contribution in [0.25, 0.3) is 51.2 Å². The number of benzene rings is 7. The van der Waals surface area contributed by atoms with E-state index in [1.807, 2.05) is 6.07 Å². The van der Waals surface area contributed by atoms with Gasteiger partial charge in [-0.1, -0.05) is 133 Å². The van der Waals surface area contributed by atoms with Gasteiger partial charge in [-0.25, -0.2) is 4.99 Å². The third-order valence-corrected chi connectivity index (χ3v) is 11.0. The number of nitrogens with one attached hydrogen (secondary N) is 1. The molecule has 2 heterocycles. The zero-order chi connectivity index (χ0) is 35.6. The van der Waals surface area contributed by atoms with Crippen molar-refractivity contribution in [2.75, 3.05) is 0 Å². The Balaban J connectivity index is 0.970. The summed E-state index contributed by atoms with van der Waals surface area (Å²) in [7, 11) is 0. The van der Waals surface area contributed by atoms with Crippen LogP contribution in [0, 0.1) is 0 Å². The van der Waals surface area contributed by atoms with Gasteiger partial charge in [0.1, 0.15) is 5.84 Å². The van der Waals surface area contributed by atoms with Crippen molar-refractivity contribution < 1.29 is 4.74 Å². The number of hydrogen-bond acceptors (Lipinski definition) is 3. The first-order chi connectivity index (χ1) is 26.7. The minimum Gasteiger partial charge on any atom is -0.468 e. The van der Waals surface area contributed by atoms with Gasteiger partial charge in [0.15, 0.2) is 5.75 Å². The predicted molar refractivity (Wildman–Crippen MR) is 222 cm³/mol. The lowest BCUT2D eigenvalue weighted by Crippen LogP contribution is -2.44. The van der Waals surface area contributed by atoms with E-state index in [9.17, 15) is 0 Å². The smallest absolute Gasteiger partial charge is 0.262 e. The van der Waals surface area contributed by atoms with Gasteiger partial charge in [-0.05, 0) is 85.8 Å². The van der Waals surface area contributed by atoms with Crippen molar-refractivity contribution in [2.45, 2.75) is 12.1 Å². The lowest BCUT2D eigenvalue weighted by molar-refractivity contribution is 0.317. The number of aliphatic imine (C=N–C) groups is 1. The molecule has 7 aromatic rings. The molecule has 0 radical (unpaired) electrons. The van der Waals surface area contributed by atoms with E-state index in [-0.39, 0.29) is 12.1 Å². The first kappa shape index (κ1) is 30.6. The summed E-state index contributed by atoms with van der Waals surface area (Å²) in [5.41, 5.74) is 15.1. The fraction of sp³-hybridized carbons (Fsp3) is 0.0400. The maximum Gasteiger partial charge on any atom is 0.262 e. The normalized spacial score (nSPS) is 17.3. The molecule has 1 N–H and O–H groups in total. The van der Waals surface area contributed by atoms with E-state index in [1.165, 1.54) is 38.3 Å². The molecule has 2 aliphatic heterocycles. The van der Waals surface area contributed by atoms with Crippen LogP contribution in [0.5, 0.6) is 5.75 Å². The molecule has 254 valence electrons. The van der Waals surface area contributed by atoms with Crippen LogP contribution in [0.1, 0.15) is 22.7 Å². The molecule has 54 heavy (non-hydrogen) atoms. The summed E-state index contributed by atoms with van der Waals surface area (Å²) in [6.45, 7) is 0. The maximum atomic E-state index is 6.76. The molecule has 2 aliphatic carbocycles. The van der Waals surface area contributed by atoms with Gasteiger partial charge < -0.3 is 10.1 Å². The lowest BCUT2D eigenvalue weighted by Gasteiger charge is -2.30. The second kappa shape index (κ2) is 12.3. The molecule has 0 bridgehead atoms. The Morgan fingerprint density at radius 3 is 1.94 bits per heavy atom. The minimum atomic E-state index is -0.191. The summed E-state index contributed by atoms with van der Waals surface area (Å²) < 4.78 is 9.19. The summed E-state index contributed by atoms with van der Waals surface area (Å²) in [6, 6.07) is 60.2. The van der Waals surface area contributed by atoms with Gasteiger partial charge in [-0.15, -0.1) is 4.58 Å². The summed E-state index contributed by atoms with van der Waals surface area (Å²) in [5.74, 6) is 1.78. The van der Waals surface area contributed by atoms with E-state index in [1.54, 1.807) is 0 Å². The van der Waals surface area contributed by atoms with Gasteiger partial charge in [-0.2, -0.15) is 0 Å². The van der Waals surface area contributed by atoms with Crippen LogP contribution in [0.2, 0.25) is 0 Å².